The van der Waals surface area contributed by atoms with Crippen LogP contribution in [0.1, 0.15) is 13.8 Å². The summed E-state index contributed by atoms with van der Waals surface area (Å²) >= 11 is 3.39. The van der Waals surface area contributed by atoms with E-state index in [1.54, 1.807) is 0 Å². The van der Waals surface area contributed by atoms with Crippen molar-refractivity contribution < 1.29 is 4.74 Å². The van der Waals surface area contributed by atoms with Gasteiger partial charge in [0, 0.05) is 23.8 Å². The molecule has 0 atom stereocenters. The van der Waals surface area contributed by atoms with Gasteiger partial charge in [-0.15, -0.1) is 0 Å². The molecule has 0 saturated carbocycles. The summed E-state index contributed by atoms with van der Waals surface area (Å²) in [6.07, 6.45) is 1.83. The third-order valence-corrected chi connectivity index (χ3v) is 2.93. The standard InChI is InChI=1S/C11H15BrN2O/c1-11(2)8-14(5-6-15-11)10-4-3-9(12)7-13-10/h3-4,7H,5-6,8H2,1-2H3. The van der Waals surface area contributed by atoms with Gasteiger partial charge in [0.15, 0.2) is 0 Å². The zero-order chi connectivity index (χ0) is 10.9. The molecule has 4 heteroatoms. The summed E-state index contributed by atoms with van der Waals surface area (Å²) in [4.78, 5) is 6.65. The van der Waals surface area contributed by atoms with Crippen molar-refractivity contribution >= 4 is 21.7 Å². The van der Waals surface area contributed by atoms with Crippen LogP contribution in [0.2, 0.25) is 0 Å². The predicted octanol–water partition coefficient (Wildman–Crippen LogP) is 2.46. The first kappa shape index (κ1) is 10.9. The largest absolute Gasteiger partial charge is 0.372 e. The summed E-state index contributed by atoms with van der Waals surface area (Å²) in [6, 6.07) is 4.05. The van der Waals surface area contributed by atoms with Gasteiger partial charge in [0.2, 0.25) is 0 Å². The van der Waals surface area contributed by atoms with Gasteiger partial charge in [0.25, 0.3) is 0 Å². The molecule has 0 unspecified atom stereocenters. The number of hydrogen-bond donors (Lipinski definition) is 0. The summed E-state index contributed by atoms with van der Waals surface area (Å²) < 4.78 is 6.67. The highest BCUT2D eigenvalue weighted by molar-refractivity contribution is 9.10. The Hall–Kier alpha value is -0.610. The molecule has 0 amide bonds. The first-order valence-electron chi connectivity index (χ1n) is 5.07. The summed E-state index contributed by atoms with van der Waals surface area (Å²) in [5.41, 5.74) is -0.0764. The Labute approximate surface area is 98.6 Å². The number of rotatable bonds is 1. The lowest BCUT2D eigenvalue weighted by Crippen LogP contribution is -2.48. The van der Waals surface area contributed by atoms with Crippen LogP contribution in [-0.2, 0) is 4.74 Å². The van der Waals surface area contributed by atoms with Gasteiger partial charge in [-0.1, -0.05) is 0 Å². The molecule has 0 aliphatic carbocycles. The lowest BCUT2D eigenvalue weighted by molar-refractivity contribution is -0.0279. The summed E-state index contributed by atoms with van der Waals surface area (Å²) in [6.45, 7) is 6.79. The van der Waals surface area contributed by atoms with E-state index in [1.165, 1.54) is 0 Å². The number of anilines is 1. The minimum absolute atomic E-state index is 0.0764. The first-order chi connectivity index (χ1) is 7.07. The second-order valence-corrected chi connectivity index (χ2v) is 5.28. The summed E-state index contributed by atoms with van der Waals surface area (Å²) in [7, 11) is 0. The number of pyridine rings is 1. The quantitative estimate of drug-likeness (QED) is 0.784. The molecule has 3 nitrogen and oxygen atoms in total. The Morgan fingerprint density at radius 1 is 1.47 bits per heavy atom. The minimum atomic E-state index is -0.0764. The lowest BCUT2D eigenvalue weighted by atomic mass is 10.1. The van der Waals surface area contributed by atoms with Crippen molar-refractivity contribution in [2.24, 2.45) is 0 Å². The van der Waals surface area contributed by atoms with E-state index in [-0.39, 0.29) is 5.60 Å². The zero-order valence-electron chi connectivity index (χ0n) is 9.03. The number of halogens is 1. The Kier molecular flexibility index (Phi) is 2.98. The van der Waals surface area contributed by atoms with Crippen LogP contribution >= 0.6 is 15.9 Å². The van der Waals surface area contributed by atoms with E-state index in [4.69, 9.17) is 4.74 Å². The lowest BCUT2D eigenvalue weighted by Gasteiger charge is -2.38. The molecule has 0 bridgehead atoms. The molecule has 0 spiro atoms. The van der Waals surface area contributed by atoms with Crippen molar-refractivity contribution in [1.82, 2.24) is 4.98 Å². The molecule has 82 valence electrons. The summed E-state index contributed by atoms with van der Waals surface area (Å²) in [5.74, 6) is 1.02. The van der Waals surface area contributed by atoms with Gasteiger partial charge in [-0.3, -0.25) is 0 Å². The molecule has 0 N–H and O–H groups in total. The number of morpholine rings is 1. The van der Waals surface area contributed by atoms with Crippen molar-refractivity contribution in [3.8, 4) is 0 Å². The average molecular weight is 271 g/mol. The molecule has 2 rings (SSSR count). The normalized spacial score (nSPS) is 20.3. The monoisotopic (exact) mass is 270 g/mol. The fraction of sp³-hybridized carbons (Fsp3) is 0.545. The van der Waals surface area contributed by atoms with Crippen LogP contribution in [0.15, 0.2) is 22.8 Å². The molecule has 0 aromatic carbocycles. The van der Waals surface area contributed by atoms with E-state index in [0.29, 0.717) is 0 Å². The molecule has 1 aliphatic heterocycles. The maximum Gasteiger partial charge on any atom is 0.128 e. The third kappa shape index (κ3) is 2.69. The number of hydrogen-bond acceptors (Lipinski definition) is 3. The van der Waals surface area contributed by atoms with Crippen molar-refractivity contribution in [3.05, 3.63) is 22.8 Å². The molecule has 1 aliphatic rings. The van der Waals surface area contributed by atoms with Crippen molar-refractivity contribution in [1.29, 1.82) is 0 Å². The van der Waals surface area contributed by atoms with Gasteiger partial charge < -0.3 is 9.64 Å². The van der Waals surface area contributed by atoms with Crippen LogP contribution in [0.5, 0.6) is 0 Å². The molecule has 2 heterocycles. The average Bonchev–Trinajstić information content (AvgIpc) is 2.17. The number of aromatic nitrogens is 1. The van der Waals surface area contributed by atoms with Gasteiger partial charge in [-0.2, -0.15) is 0 Å². The van der Waals surface area contributed by atoms with E-state index in [0.717, 1.165) is 30.0 Å². The van der Waals surface area contributed by atoms with E-state index in [1.807, 2.05) is 18.3 Å². The maximum atomic E-state index is 5.66. The highest BCUT2D eigenvalue weighted by Crippen LogP contribution is 2.22. The molecular weight excluding hydrogens is 256 g/mol. The highest BCUT2D eigenvalue weighted by atomic mass is 79.9. The molecule has 0 radical (unpaired) electrons. The van der Waals surface area contributed by atoms with Gasteiger partial charge in [0.05, 0.1) is 12.2 Å². The fourth-order valence-corrected chi connectivity index (χ4v) is 2.00. The topological polar surface area (TPSA) is 25.4 Å². The molecule has 1 aromatic heterocycles. The Balaban J connectivity index is 2.13. The maximum absolute atomic E-state index is 5.66. The first-order valence-corrected chi connectivity index (χ1v) is 5.87. The van der Waals surface area contributed by atoms with Crippen LogP contribution in [0.25, 0.3) is 0 Å². The van der Waals surface area contributed by atoms with E-state index in [2.05, 4.69) is 39.7 Å². The van der Waals surface area contributed by atoms with E-state index in [9.17, 15) is 0 Å². The van der Waals surface area contributed by atoms with E-state index >= 15 is 0 Å². The van der Waals surface area contributed by atoms with Gasteiger partial charge in [-0.25, -0.2) is 4.98 Å². The third-order valence-electron chi connectivity index (χ3n) is 2.46. The van der Waals surface area contributed by atoms with Gasteiger partial charge >= 0.3 is 0 Å². The Bertz CT molecular complexity index is 337. The molecule has 15 heavy (non-hydrogen) atoms. The van der Waals surface area contributed by atoms with Gasteiger partial charge in [0.1, 0.15) is 5.82 Å². The number of ether oxygens (including phenoxy) is 1. The molecule has 1 saturated heterocycles. The Morgan fingerprint density at radius 2 is 2.27 bits per heavy atom. The highest BCUT2D eigenvalue weighted by Gasteiger charge is 2.27. The van der Waals surface area contributed by atoms with Crippen LogP contribution < -0.4 is 4.90 Å². The van der Waals surface area contributed by atoms with E-state index < -0.39 is 0 Å². The van der Waals surface area contributed by atoms with Crippen LogP contribution in [0.3, 0.4) is 0 Å². The van der Waals surface area contributed by atoms with Gasteiger partial charge in [-0.05, 0) is 41.9 Å². The second kappa shape index (κ2) is 4.10. The SMILES string of the molecule is CC1(C)CN(c2ccc(Br)cn2)CCO1. The summed E-state index contributed by atoms with van der Waals surface area (Å²) in [5, 5.41) is 0. The zero-order valence-corrected chi connectivity index (χ0v) is 10.6. The molecule has 1 aromatic rings. The Morgan fingerprint density at radius 3 is 2.87 bits per heavy atom. The van der Waals surface area contributed by atoms with Crippen molar-refractivity contribution in [2.75, 3.05) is 24.6 Å². The molecule has 1 fully saturated rings. The fourth-order valence-electron chi connectivity index (χ4n) is 1.77. The van der Waals surface area contributed by atoms with Crippen molar-refractivity contribution in [2.45, 2.75) is 19.4 Å². The molecular formula is C11H15BrN2O. The van der Waals surface area contributed by atoms with Crippen LogP contribution in [0, 0.1) is 0 Å². The number of nitrogens with zero attached hydrogens (tertiary/aromatic N) is 2. The van der Waals surface area contributed by atoms with Crippen molar-refractivity contribution in [3.63, 3.8) is 0 Å². The van der Waals surface area contributed by atoms with Crippen LogP contribution in [0.4, 0.5) is 5.82 Å². The smallest absolute Gasteiger partial charge is 0.128 e. The second-order valence-electron chi connectivity index (χ2n) is 4.36. The van der Waals surface area contributed by atoms with Crippen LogP contribution in [-0.4, -0.2) is 30.3 Å². The predicted molar refractivity (Wildman–Crippen MR) is 64.2 cm³/mol. The minimum Gasteiger partial charge on any atom is -0.372 e.